The highest BCUT2D eigenvalue weighted by Crippen LogP contribution is 2.36. The van der Waals surface area contributed by atoms with Crippen molar-refractivity contribution in [1.29, 1.82) is 0 Å². The van der Waals surface area contributed by atoms with Gasteiger partial charge in [-0.05, 0) is 116 Å². The van der Waals surface area contributed by atoms with E-state index < -0.39 is 12.1 Å². The number of hydrogen-bond acceptors (Lipinski definition) is 15. The van der Waals surface area contributed by atoms with Crippen LogP contribution in [0.25, 0.3) is 11.3 Å². The predicted molar refractivity (Wildman–Crippen MR) is 300 cm³/mol. The Morgan fingerprint density at radius 3 is 2.13 bits per heavy atom. The zero-order chi connectivity index (χ0) is 52.3. The molecule has 76 heavy (non-hydrogen) atoms. The van der Waals surface area contributed by atoms with Crippen LogP contribution in [-0.2, 0) is 40.3 Å². The molecule has 1 amide bonds. The molecule has 17 heteroatoms. The Morgan fingerprint density at radius 2 is 1.39 bits per heavy atom. The number of morpholine rings is 3. The van der Waals surface area contributed by atoms with Crippen molar-refractivity contribution in [3.63, 3.8) is 0 Å². The molecule has 0 aliphatic carbocycles. The number of ether oxygens (including phenoxy) is 4. The number of hydrogen-bond donors (Lipinski definition) is 0. The molecule has 0 radical (unpaired) electrons. The van der Waals surface area contributed by atoms with E-state index in [1.54, 1.807) is 39.4 Å². The highest BCUT2D eigenvalue weighted by molar-refractivity contribution is 7.14. The largest absolute Gasteiger partial charge is 0.422 e. The number of esters is 1. The second-order valence-corrected chi connectivity index (χ2v) is 24.2. The van der Waals surface area contributed by atoms with Gasteiger partial charge in [-0.15, -0.1) is 45.3 Å². The highest BCUT2D eigenvalue weighted by atomic mass is 32.1. The molecule has 5 aromatic heterocycles. The number of carbonyl (C=O) groups is 2. The summed E-state index contributed by atoms with van der Waals surface area (Å²) in [7, 11) is 0. The lowest BCUT2D eigenvalue weighted by molar-refractivity contribution is -0.0331. The normalized spacial score (nSPS) is 18.5. The molecule has 3 fully saturated rings. The minimum atomic E-state index is -0.535. The van der Waals surface area contributed by atoms with Crippen LogP contribution in [0.15, 0.2) is 119 Å². The Balaban J connectivity index is 0.805. The number of benzene rings is 3. The third-order valence-electron chi connectivity index (χ3n) is 14.1. The molecule has 8 heterocycles. The van der Waals surface area contributed by atoms with Crippen molar-refractivity contribution < 1.29 is 28.5 Å². The van der Waals surface area contributed by atoms with E-state index in [-0.39, 0.29) is 30.2 Å². The van der Waals surface area contributed by atoms with Crippen molar-refractivity contribution in [2.75, 3.05) is 59.1 Å². The first-order valence-corrected chi connectivity index (χ1v) is 29.1. The molecule has 0 bridgehead atoms. The molecular weight excluding hydrogens is 1030 g/mol. The van der Waals surface area contributed by atoms with Crippen LogP contribution in [0.2, 0.25) is 0 Å². The van der Waals surface area contributed by atoms with E-state index in [4.69, 9.17) is 23.9 Å². The zero-order valence-electron chi connectivity index (χ0n) is 43.1. The maximum atomic E-state index is 14.4. The molecule has 3 aliphatic heterocycles. The van der Waals surface area contributed by atoms with E-state index >= 15 is 0 Å². The highest BCUT2D eigenvalue weighted by Gasteiger charge is 2.31. The summed E-state index contributed by atoms with van der Waals surface area (Å²) in [6.45, 7) is 15.3. The molecule has 11 rings (SSSR count). The molecule has 3 unspecified atom stereocenters. The summed E-state index contributed by atoms with van der Waals surface area (Å²) in [6, 6.07) is 32.1. The summed E-state index contributed by atoms with van der Waals surface area (Å²) in [5, 5.41) is 6.12. The van der Waals surface area contributed by atoms with Gasteiger partial charge in [0.25, 0.3) is 11.5 Å². The molecular formula is C59H60N6O7S4. The third-order valence-corrected chi connectivity index (χ3v) is 18.2. The van der Waals surface area contributed by atoms with Crippen LogP contribution in [0, 0.1) is 27.7 Å². The molecule has 3 saturated heterocycles. The van der Waals surface area contributed by atoms with Gasteiger partial charge in [-0.1, -0.05) is 48.5 Å². The first-order chi connectivity index (χ1) is 36.9. The van der Waals surface area contributed by atoms with Crippen LogP contribution < -0.4 is 10.3 Å². The second kappa shape index (κ2) is 23.3. The van der Waals surface area contributed by atoms with Crippen LogP contribution in [0.1, 0.15) is 102 Å². The number of thiophene rings is 2. The summed E-state index contributed by atoms with van der Waals surface area (Å²) in [4.78, 5) is 61.6. The van der Waals surface area contributed by atoms with Crippen LogP contribution in [0.5, 0.6) is 5.75 Å². The van der Waals surface area contributed by atoms with Gasteiger partial charge in [0.15, 0.2) is 0 Å². The Morgan fingerprint density at radius 1 is 0.658 bits per heavy atom. The van der Waals surface area contributed by atoms with Crippen molar-refractivity contribution in [2.45, 2.75) is 72.1 Å². The molecule has 0 N–H and O–H groups in total. The standard InChI is InChI=1S/C59H60N6O7S4/c1-37-10-12-42(26-47(37)49-36-74-57(61-49)52-33-62(18-21-71-52)29-41-8-6-5-7-9-41)25-45-24-40(4)76-55(45)59(68)72-46-14-13-44(48(28-46)50-34-65(20-23-69-50)58(67)53-15-11-39(3)75-53)31-64-17-16-43(27-54(64)66)30-63-19-22-70-51(32-63)56-60-38(2)35-73-56/h5-17,24,26-28,35-36,50-52H,18-23,25,29-34H2,1-4H3. The van der Waals surface area contributed by atoms with Gasteiger partial charge in [-0.2, -0.15) is 0 Å². The van der Waals surface area contributed by atoms with E-state index in [2.05, 4.69) is 75.6 Å². The van der Waals surface area contributed by atoms with E-state index in [1.165, 1.54) is 28.2 Å². The SMILES string of the molecule is Cc1csc(C2CN(Cc3ccn(Cc4ccc(OC(=O)c5sc(C)cc5Cc5ccc(C)c(-c6csc(C7CN(Cc8ccccc8)CCO7)n6)c5)cc4C4CN(C(=O)c5ccc(C)s5)CCO4)c(=O)c3)CCO2)n1. The average Bonchev–Trinajstić information content (AvgIpc) is 4.27. The van der Waals surface area contributed by atoms with Gasteiger partial charge in [0.2, 0.25) is 0 Å². The lowest BCUT2D eigenvalue weighted by Gasteiger charge is -2.34. The fraction of sp³-hybridized carbons (Fsp3) is 0.339. The molecule has 3 aromatic carbocycles. The van der Waals surface area contributed by atoms with Gasteiger partial charge in [0.1, 0.15) is 39.0 Å². The molecule has 3 atom stereocenters. The second-order valence-electron chi connectivity index (χ2n) is 19.9. The van der Waals surface area contributed by atoms with Gasteiger partial charge in [-0.3, -0.25) is 19.4 Å². The number of thiazole rings is 2. The van der Waals surface area contributed by atoms with E-state index in [0.717, 1.165) is 96.3 Å². The number of carbonyl (C=O) groups excluding carboxylic acids is 2. The third kappa shape index (κ3) is 12.2. The number of amides is 1. The van der Waals surface area contributed by atoms with E-state index in [9.17, 15) is 14.4 Å². The number of pyridine rings is 1. The van der Waals surface area contributed by atoms with Gasteiger partial charge in [0, 0.05) is 89.8 Å². The van der Waals surface area contributed by atoms with Gasteiger partial charge in [-0.25, -0.2) is 14.8 Å². The van der Waals surface area contributed by atoms with Crippen molar-refractivity contribution in [3.05, 3.63) is 199 Å². The summed E-state index contributed by atoms with van der Waals surface area (Å²) in [6.07, 6.45) is 1.65. The fourth-order valence-corrected chi connectivity index (χ4v) is 13.7. The molecule has 392 valence electrons. The molecule has 13 nitrogen and oxygen atoms in total. The molecule has 3 aliphatic rings. The van der Waals surface area contributed by atoms with Crippen LogP contribution in [-0.4, -0.2) is 100 Å². The van der Waals surface area contributed by atoms with Crippen LogP contribution in [0.4, 0.5) is 0 Å². The molecule has 8 aromatic rings. The topological polar surface area (TPSA) is 129 Å². The smallest absolute Gasteiger partial charge is 0.354 e. The van der Waals surface area contributed by atoms with E-state index in [1.807, 2.05) is 73.6 Å². The fourth-order valence-electron chi connectivity index (χ4n) is 10.2. The number of nitrogens with zero attached hydrogens (tertiary/aromatic N) is 6. The first-order valence-electron chi connectivity index (χ1n) is 25.7. The Labute approximate surface area is 458 Å². The zero-order valence-corrected chi connectivity index (χ0v) is 46.3. The lowest BCUT2D eigenvalue weighted by Crippen LogP contribution is -2.42. The van der Waals surface area contributed by atoms with E-state index in [0.29, 0.717) is 67.9 Å². The van der Waals surface area contributed by atoms with Crippen molar-refractivity contribution in [1.82, 2.24) is 29.2 Å². The number of aromatic nitrogens is 3. The average molecular weight is 1090 g/mol. The molecule has 0 spiro atoms. The Hall–Kier alpha value is -5.99. The van der Waals surface area contributed by atoms with Gasteiger partial charge < -0.3 is 28.4 Å². The minimum Gasteiger partial charge on any atom is -0.422 e. The molecule has 0 saturated carbocycles. The number of rotatable bonds is 15. The number of aryl methyl sites for hydroxylation is 4. The van der Waals surface area contributed by atoms with Crippen LogP contribution in [0.3, 0.4) is 0 Å². The van der Waals surface area contributed by atoms with Crippen LogP contribution >= 0.6 is 45.3 Å². The van der Waals surface area contributed by atoms with Crippen molar-refractivity contribution >= 4 is 57.2 Å². The van der Waals surface area contributed by atoms with Crippen molar-refractivity contribution in [2.24, 2.45) is 0 Å². The first kappa shape index (κ1) is 52.1. The lowest BCUT2D eigenvalue weighted by atomic mass is 9.98. The van der Waals surface area contributed by atoms with Gasteiger partial charge >= 0.3 is 5.97 Å². The Kier molecular flexibility index (Phi) is 16.0. The minimum absolute atomic E-state index is 0.0476. The summed E-state index contributed by atoms with van der Waals surface area (Å²) in [5.41, 5.74) is 9.67. The summed E-state index contributed by atoms with van der Waals surface area (Å²) in [5.74, 6) is -0.150. The summed E-state index contributed by atoms with van der Waals surface area (Å²) < 4.78 is 26.7. The quantitative estimate of drug-likeness (QED) is 0.0719. The van der Waals surface area contributed by atoms with Gasteiger partial charge in [0.05, 0.1) is 43.5 Å². The maximum absolute atomic E-state index is 14.4. The maximum Gasteiger partial charge on any atom is 0.354 e. The van der Waals surface area contributed by atoms with Crippen molar-refractivity contribution in [3.8, 4) is 17.0 Å². The Bertz CT molecular complexity index is 3420. The monoisotopic (exact) mass is 1090 g/mol. The summed E-state index contributed by atoms with van der Waals surface area (Å²) >= 11 is 6.15. The predicted octanol–water partition coefficient (Wildman–Crippen LogP) is 11.0.